The molecule has 0 spiro atoms. The Morgan fingerprint density at radius 1 is 1.34 bits per heavy atom. The van der Waals surface area contributed by atoms with Crippen LogP contribution in [0.25, 0.3) is 0 Å². The number of hydroxylamine groups is 2. The highest BCUT2D eigenvalue weighted by Crippen LogP contribution is 2.15. The molecule has 0 radical (unpaired) electrons. The van der Waals surface area contributed by atoms with Crippen LogP contribution < -0.4 is 26.0 Å². The molecule has 1 aromatic rings. The second-order valence-electron chi connectivity index (χ2n) is 6.74. The van der Waals surface area contributed by atoms with E-state index in [0.717, 1.165) is 25.5 Å². The van der Waals surface area contributed by atoms with Gasteiger partial charge in [-0.25, -0.2) is 13.2 Å². The minimum atomic E-state index is -3.95. The van der Waals surface area contributed by atoms with Crippen molar-refractivity contribution in [1.29, 1.82) is 0 Å². The molecule has 1 amide bonds. The highest BCUT2D eigenvalue weighted by atomic mass is 32.2. The Balaban J connectivity index is 1.95. The number of hydrogen-bond acceptors (Lipinski definition) is 10. The molecule has 0 bridgehead atoms. The van der Waals surface area contributed by atoms with Crippen LogP contribution in [0.2, 0.25) is 0 Å². The van der Waals surface area contributed by atoms with Crippen molar-refractivity contribution in [3.63, 3.8) is 0 Å². The standard InChI is InChI=1S/C18H28N6O7S/c1-13(17(26)27)24(31-23-32(28,29)12-7-19)16(25)14-3-5-15(6-4-14)30-11-10-22-18-20-8-2-9-21-18/h3-6,13,23H,2,7-12,19H2,1H3,(H,26,27)(H2,20,21,22)/t13-/m0/s1. The smallest absolute Gasteiger partial charge is 0.328 e. The van der Waals surface area contributed by atoms with Gasteiger partial charge >= 0.3 is 5.97 Å². The quantitative estimate of drug-likeness (QED) is 0.180. The molecule has 32 heavy (non-hydrogen) atoms. The summed E-state index contributed by atoms with van der Waals surface area (Å²) < 4.78 is 29.0. The summed E-state index contributed by atoms with van der Waals surface area (Å²) >= 11 is 0. The second-order valence-corrected chi connectivity index (χ2v) is 8.54. The van der Waals surface area contributed by atoms with Gasteiger partial charge in [-0.3, -0.25) is 9.79 Å². The van der Waals surface area contributed by atoms with Crippen LogP contribution in [0, 0.1) is 0 Å². The number of carboxylic acid groups (broad SMARTS) is 1. The second kappa shape index (κ2) is 12.2. The molecular weight excluding hydrogens is 444 g/mol. The van der Waals surface area contributed by atoms with Gasteiger partial charge in [-0.1, -0.05) is 4.89 Å². The first-order chi connectivity index (χ1) is 15.2. The molecule has 1 aliphatic rings. The van der Waals surface area contributed by atoms with Crippen molar-refractivity contribution in [3.05, 3.63) is 29.8 Å². The maximum absolute atomic E-state index is 12.7. The van der Waals surface area contributed by atoms with Crippen molar-refractivity contribution in [2.75, 3.05) is 38.5 Å². The summed E-state index contributed by atoms with van der Waals surface area (Å²) in [5, 5.41) is 15.9. The third kappa shape index (κ3) is 7.96. The number of aliphatic carboxylic acids is 1. The topological polar surface area (TPSA) is 185 Å². The average molecular weight is 473 g/mol. The fraction of sp³-hybridized carbons (Fsp3) is 0.500. The predicted octanol–water partition coefficient (Wildman–Crippen LogP) is -1.36. The van der Waals surface area contributed by atoms with Crippen molar-refractivity contribution in [1.82, 2.24) is 20.6 Å². The molecule has 0 saturated carbocycles. The zero-order valence-electron chi connectivity index (χ0n) is 17.6. The van der Waals surface area contributed by atoms with Crippen LogP contribution in [0.4, 0.5) is 0 Å². The van der Waals surface area contributed by atoms with Crippen molar-refractivity contribution in [3.8, 4) is 5.75 Å². The number of carboxylic acids is 1. The number of sulfonamides is 1. The van der Waals surface area contributed by atoms with Gasteiger partial charge in [0.05, 0.1) is 12.3 Å². The summed E-state index contributed by atoms with van der Waals surface area (Å²) in [6.07, 6.45) is 1.00. The maximum Gasteiger partial charge on any atom is 0.328 e. The number of carbonyl (C=O) groups excluding carboxylic acids is 1. The summed E-state index contributed by atoms with van der Waals surface area (Å²) in [5.41, 5.74) is 5.27. The highest BCUT2D eigenvalue weighted by molar-refractivity contribution is 7.89. The van der Waals surface area contributed by atoms with Crippen LogP contribution in [-0.2, 0) is 19.8 Å². The predicted molar refractivity (Wildman–Crippen MR) is 115 cm³/mol. The third-order valence-electron chi connectivity index (χ3n) is 4.22. The number of hydrogen-bond donors (Lipinski definition) is 5. The van der Waals surface area contributed by atoms with E-state index in [0.29, 0.717) is 24.0 Å². The molecule has 2 rings (SSSR count). The average Bonchev–Trinajstić information content (AvgIpc) is 2.77. The Labute approximate surface area is 185 Å². The van der Waals surface area contributed by atoms with E-state index < -0.39 is 33.7 Å². The molecular formula is C18H28N6O7S. The number of carbonyl (C=O) groups is 2. The molecule has 1 aliphatic heterocycles. The van der Waals surface area contributed by atoms with Gasteiger partial charge in [0.2, 0.25) is 10.0 Å². The van der Waals surface area contributed by atoms with Crippen LogP contribution in [0.3, 0.4) is 0 Å². The molecule has 0 aromatic heterocycles. The van der Waals surface area contributed by atoms with Crippen molar-refractivity contribution in [2.24, 2.45) is 10.7 Å². The Morgan fingerprint density at radius 2 is 2.06 bits per heavy atom. The molecule has 13 nitrogen and oxygen atoms in total. The first kappa shape index (κ1) is 25.3. The zero-order chi connectivity index (χ0) is 23.6. The van der Waals surface area contributed by atoms with Gasteiger partial charge < -0.3 is 26.2 Å². The molecule has 1 atom stereocenters. The lowest BCUT2D eigenvalue weighted by Gasteiger charge is -2.24. The number of nitrogens with zero attached hydrogens (tertiary/aromatic N) is 2. The number of nitrogens with two attached hydrogens (primary N) is 1. The third-order valence-corrected chi connectivity index (χ3v) is 5.32. The lowest BCUT2D eigenvalue weighted by molar-refractivity contribution is -0.186. The Hall–Kier alpha value is -2.94. The summed E-state index contributed by atoms with van der Waals surface area (Å²) in [4.78, 5) is 34.9. The number of rotatable bonds is 12. The molecule has 178 valence electrons. The van der Waals surface area contributed by atoms with Gasteiger partial charge in [0, 0.05) is 25.2 Å². The number of guanidine groups is 1. The zero-order valence-corrected chi connectivity index (χ0v) is 18.4. The van der Waals surface area contributed by atoms with E-state index in [9.17, 15) is 23.1 Å². The minimum absolute atomic E-state index is 0.0716. The number of aliphatic imine (C=N–C) groups is 1. The summed E-state index contributed by atoms with van der Waals surface area (Å²) in [6, 6.07) is 4.42. The van der Waals surface area contributed by atoms with Crippen molar-refractivity contribution >= 4 is 27.9 Å². The van der Waals surface area contributed by atoms with Crippen LogP contribution in [0.15, 0.2) is 29.3 Å². The lowest BCUT2D eigenvalue weighted by Crippen LogP contribution is -2.47. The summed E-state index contributed by atoms with van der Waals surface area (Å²) in [7, 11) is -3.95. The van der Waals surface area contributed by atoms with E-state index >= 15 is 0 Å². The normalized spacial score (nSPS) is 14.6. The van der Waals surface area contributed by atoms with Crippen molar-refractivity contribution < 1.29 is 32.8 Å². The molecule has 0 fully saturated rings. The molecule has 6 N–H and O–H groups in total. The van der Waals surface area contributed by atoms with Crippen molar-refractivity contribution in [2.45, 2.75) is 19.4 Å². The van der Waals surface area contributed by atoms with Crippen LogP contribution in [0.1, 0.15) is 23.7 Å². The van der Waals surface area contributed by atoms with Gasteiger partial charge in [0.25, 0.3) is 5.91 Å². The van der Waals surface area contributed by atoms with Crippen LogP contribution in [0.5, 0.6) is 5.75 Å². The van der Waals surface area contributed by atoms with E-state index in [4.69, 9.17) is 15.4 Å². The lowest BCUT2D eigenvalue weighted by atomic mass is 10.2. The first-order valence-corrected chi connectivity index (χ1v) is 11.6. The monoisotopic (exact) mass is 472 g/mol. The van der Waals surface area contributed by atoms with E-state index in [1.807, 2.05) is 0 Å². The minimum Gasteiger partial charge on any atom is -0.492 e. The molecule has 1 aromatic carbocycles. The number of nitrogens with one attached hydrogen (secondary N) is 3. The Morgan fingerprint density at radius 3 is 2.66 bits per heavy atom. The van der Waals surface area contributed by atoms with E-state index in [1.54, 1.807) is 4.89 Å². The largest absolute Gasteiger partial charge is 0.492 e. The summed E-state index contributed by atoms with van der Waals surface area (Å²) in [6.45, 7) is 3.52. The Bertz CT molecular complexity index is 907. The molecule has 1 heterocycles. The molecule has 0 saturated heterocycles. The number of amides is 1. The molecule has 0 unspecified atom stereocenters. The fourth-order valence-corrected chi connectivity index (χ4v) is 3.09. The maximum atomic E-state index is 12.7. The van der Waals surface area contributed by atoms with Gasteiger partial charge in [-0.15, -0.1) is 0 Å². The van der Waals surface area contributed by atoms with E-state index in [-0.39, 0.29) is 12.1 Å². The van der Waals surface area contributed by atoms with Crippen LogP contribution >= 0.6 is 0 Å². The molecule has 0 aliphatic carbocycles. The van der Waals surface area contributed by atoms with Gasteiger partial charge in [-0.05, 0) is 37.6 Å². The van der Waals surface area contributed by atoms with E-state index in [2.05, 4.69) is 15.6 Å². The van der Waals surface area contributed by atoms with E-state index in [1.165, 1.54) is 31.2 Å². The highest BCUT2D eigenvalue weighted by Gasteiger charge is 2.29. The molecule has 14 heteroatoms. The summed E-state index contributed by atoms with van der Waals surface area (Å²) in [5.74, 6) is -1.48. The van der Waals surface area contributed by atoms with Gasteiger partial charge in [0.1, 0.15) is 12.4 Å². The first-order valence-electron chi connectivity index (χ1n) is 9.91. The SMILES string of the molecule is C[C@@H](C(=O)O)N(ONS(=O)(=O)CCN)C(=O)c1ccc(OCCNC2=NCCCN2)cc1. The van der Waals surface area contributed by atoms with Crippen LogP contribution in [-0.4, -0.2) is 81.0 Å². The van der Waals surface area contributed by atoms with Gasteiger partial charge in [-0.2, -0.15) is 10.0 Å². The number of benzene rings is 1. The Kier molecular flexibility index (Phi) is 9.64. The number of ether oxygens (including phenoxy) is 1. The van der Waals surface area contributed by atoms with Gasteiger partial charge in [0.15, 0.2) is 12.0 Å². The fourth-order valence-electron chi connectivity index (χ4n) is 2.50.